The van der Waals surface area contributed by atoms with Crippen LogP contribution < -0.4 is 20.5 Å². The van der Waals surface area contributed by atoms with Gasteiger partial charge in [0.25, 0.3) is 0 Å². The normalized spacial score (nSPS) is 25.0. The van der Waals surface area contributed by atoms with Gasteiger partial charge in [-0.15, -0.1) is 0 Å². The van der Waals surface area contributed by atoms with E-state index in [0.29, 0.717) is 50.1 Å². The standard InChI is InChI=1S/C36H50N6O10/c1-20(43)39-23(8-6-7-9-28(37)38)24(44)16-22(33(47)41(3)19-29(45)46)18-42(4)34(48)51-26-12-13-36(49)27-17-21-10-11-25(50-5)31-30(21)35(36,32(26)52-31)14-15-40(27)2/h10-12,22-23,27,32,49H,6-9,13-19H2,1-5H3,(H3,37,38)(H,39,43)(H,45,46)/t22-,23-,27+,32?,35-,36?/m0/s1. The van der Waals surface area contributed by atoms with Gasteiger partial charge in [-0.1, -0.05) is 12.5 Å². The summed E-state index contributed by atoms with van der Waals surface area (Å²) in [5.41, 5.74) is 5.24. The van der Waals surface area contributed by atoms with Crippen molar-refractivity contribution in [3.63, 3.8) is 0 Å². The van der Waals surface area contributed by atoms with E-state index in [-0.39, 0.29) is 37.0 Å². The number of carboxylic acids is 1. The van der Waals surface area contributed by atoms with Gasteiger partial charge in [-0.2, -0.15) is 0 Å². The van der Waals surface area contributed by atoms with Crippen LogP contribution in [0.5, 0.6) is 11.5 Å². The van der Waals surface area contributed by atoms with Crippen LogP contribution in [0.15, 0.2) is 24.0 Å². The molecule has 1 aromatic rings. The number of carbonyl (C=O) groups excluding carboxylic acids is 4. The van der Waals surface area contributed by atoms with E-state index in [9.17, 15) is 34.2 Å². The first-order valence-electron chi connectivity index (χ1n) is 17.6. The SMILES string of the molecule is COc1ccc2c3c1OC1C(OC(=O)N(C)C[C@H](CC(=O)[C@H](CCCCC(=N)N)NC(C)=O)C(=O)N(C)CC(=O)O)=CCC4(O)[C@@H](C2)N(C)CC[C@]314. The van der Waals surface area contributed by atoms with Gasteiger partial charge in [-0.3, -0.25) is 24.6 Å². The lowest BCUT2D eigenvalue weighted by Crippen LogP contribution is -2.74. The monoisotopic (exact) mass is 726 g/mol. The minimum Gasteiger partial charge on any atom is -0.493 e. The molecule has 284 valence electrons. The molecule has 0 radical (unpaired) electrons. The van der Waals surface area contributed by atoms with E-state index in [1.807, 2.05) is 19.2 Å². The van der Waals surface area contributed by atoms with Crippen molar-refractivity contribution in [2.45, 2.75) is 87.5 Å². The van der Waals surface area contributed by atoms with Gasteiger partial charge in [0, 0.05) is 58.4 Å². The molecule has 1 saturated heterocycles. The number of ether oxygens (including phenoxy) is 3. The van der Waals surface area contributed by atoms with Crippen LogP contribution in [0.25, 0.3) is 0 Å². The fourth-order valence-corrected chi connectivity index (χ4v) is 8.60. The lowest BCUT2D eigenvalue weighted by molar-refractivity contribution is -0.163. The highest BCUT2D eigenvalue weighted by molar-refractivity contribution is 5.93. The zero-order valence-corrected chi connectivity index (χ0v) is 30.4. The van der Waals surface area contributed by atoms with Gasteiger partial charge in [-0.05, 0) is 57.0 Å². The molecule has 2 aliphatic heterocycles. The number of Topliss-reactive ketones (excluding diaryl/α,β-unsaturated/α-hetero) is 1. The van der Waals surface area contributed by atoms with Crippen LogP contribution in [0, 0.1) is 11.3 Å². The summed E-state index contributed by atoms with van der Waals surface area (Å²) in [7, 11) is 6.24. The number of carbonyl (C=O) groups is 5. The Morgan fingerprint density at radius 3 is 2.58 bits per heavy atom. The van der Waals surface area contributed by atoms with E-state index >= 15 is 0 Å². The number of methoxy groups -OCH3 is 1. The van der Waals surface area contributed by atoms with Crippen molar-refractivity contribution in [3.05, 3.63) is 35.1 Å². The predicted molar refractivity (Wildman–Crippen MR) is 187 cm³/mol. The second kappa shape index (κ2) is 15.1. The van der Waals surface area contributed by atoms with Gasteiger partial charge in [0.2, 0.25) is 11.8 Å². The van der Waals surface area contributed by atoms with E-state index in [2.05, 4.69) is 10.2 Å². The van der Waals surface area contributed by atoms with E-state index < -0.39 is 71.7 Å². The van der Waals surface area contributed by atoms with E-state index in [1.54, 1.807) is 13.2 Å². The molecule has 5 rings (SSSR count). The molecule has 6 N–H and O–H groups in total. The molecule has 2 heterocycles. The van der Waals surface area contributed by atoms with Crippen LogP contribution in [-0.2, 0) is 35.8 Å². The van der Waals surface area contributed by atoms with Gasteiger partial charge < -0.3 is 50.2 Å². The van der Waals surface area contributed by atoms with Crippen LogP contribution in [0.2, 0.25) is 0 Å². The number of unbranched alkanes of at least 4 members (excludes halogenated alkanes) is 1. The van der Waals surface area contributed by atoms with Crippen molar-refractivity contribution in [2.75, 3.05) is 47.9 Å². The number of rotatable bonds is 16. The number of likely N-dealkylation sites (tertiary alicyclic amines) is 1. The summed E-state index contributed by atoms with van der Waals surface area (Å²) < 4.78 is 18.2. The maximum Gasteiger partial charge on any atom is 0.414 e. The minimum atomic E-state index is -1.25. The summed E-state index contributed by atoms with van der Waals surface area (Å²) in [5, 5.41) is 31.8. The Bertz CT molecular complexity index is 1670. The van der Waals surface area contributed by atoms with Crippen molar-refractivity contribution in [2.24, 2.45) is 11.7 Å². The summed E-state index contributed by atoms with van der Waals surface area (Å²) in [6.07, 6.45) is 2.54. The molecule has 4 aliphatic rings. The molecule has 3 amide bonds. The fraction of sp³-hybridized carbons (Fsp3) is 0.611. The van der Waals surface area contributed by atoms with Gasteiger partial charge in [0.05, 0.1) is 35.9 Å². The third-order valence-electron chi connectivity index (χ3n) is 11.1. The first kappa shape index (κ1) is 38.5. The van der Waals surface area contributed by atoms with Gasteiger partial charge >= 0.3 is 12.1 Å². The summed E-state index contributed by atoms with van der Waals surface area (Å²) in [5.74, 6) is -2.76. The Labute approximate surface area is 302 Å². The van der Waals surface area contributed by atoms with E-state index in [0.717, 1.165) is 20.9 Å². The Kier molecular flexibility index (Phi) is 11.2. The molecule has 2 aliphatic carbocycles. The molecule has 1 spiro atoms. The van der Waals surface area contributed by atoms with Crippen LogP contribution >= 0.6 is 0 Å². The summed E-state index contributed by atoms with van der Waals surface area (Å²) in [6.45, 7) is 1.02. The Morgan fingerprint density at radius 2 is 1.92 bits per heavy atom. The lowest BCUT2D eigenvalue weighted by Gasteiger charge is -2.61. The molecule has 0 saturated carbocycles. The minimum absolute atomic E-state index is 0.00608. The molecule has 1 fully saturated rings. The summed E-state index contributed by atoms with van der Waals surface area (Å²) >= 11 is 0. The van der Waals surface area contributed by atoms with Crippen LogP contribution in [0.3, 0.4) is 0 Å². The van der Waals surface area contributed by atoms with Crippen molar-refractivity contribution < 1.29 is 48.4 Å². The number of nitrogens with zero attached hydrogens (tertiary/aromatic N) is 3. The summed E-state index contributed by atoms with van der Waals surface area (Å²) in [4.78, 5) is 68.6. The van der Waals surface area contributed by atoms with Crippen molar-refractivity contribution >= 4 is 35.5 Å². The molecule has 16 nitrogen and oxygen atoms in total. The smallest absolute Gasteiger partial charge is 0.414 e. The highest BCUT2D eigenvalue weighted by atomic mass is 16.6. The number of amides is 3. The average Bonchev–Trinajstić information content (AvgIpc) is 3.43. The number of benzene rings is 1. The molecule has 1 aromatic carbocycles. The third kappa shape index (κ3) is 7.05. The Hall–Kier alpha value is -4.70. The average molecular weight is 727 g/mol. The number of aliphatic carboxylic acids is 1. The molecule has 2 unspecified atom stereocenters. The maximum atomic E-state index is 13.8. The van der Waals surface area contributed by atoms with Crippen LogP contribution in [0.4, 0.5) is 4.79 Å². The molecule has 0 aromatic heterocycles. The third-order valence-corrected chi connectivity index (χ3v) is 11.1. The Balaban J connectivity index is 1.37. The Morgan fingerprint density at radius 1 is 1.19 bits per heavy atom. The number of likely N-dealkylation sites (N-methyl/N-ethyl adjacent to an activating group) is 2. The lowest BCUT2D eigenvalue weighted by atomic mass is 9.50. The summed E-state index contributed by atoms with van der Waals surface area (Å²) in [6, 6.07) is 2.70. The molecule has 16 heteroatoms. The number of nitrogens with one attached hydrogen (secondary N) is 2. The van der Waals surface area contributed by atoms with Crippen LogP contribution in [-0.4, -0.2) is 132 Å². The molecule has 52 heavy (non-hydrogen) atoms. The van der Waals surface area contributed by atoms with Crippen molar-refractivity contribution in [3.8, 4) is 11.5 Å². The quantitative estimate of drug-likeness (QED) is 0.0920. The van der Waals surface area contributed by atoms with E-state index in [4.69, 9.17) is 25.4 Å². The number of amidine groups is 1. The maximum absolute atomic E-state index is 13.8. The number of hydrogen-bond acceptors (Lipinski definition) is 11. The number of ketones is 1. The molecule has 6 atom stereocenters. The zero-order chi connectivity index (χ0) is 38.1. The second-order valence-corrected chi connectivity index (χ2v) is 14.5. The topological polar surface area (TPSA) is 225 Å². The largest absolute Gasteiger partial charge is 0.493 e. The predicted octanol–water partition coefficient (Wildman–Crippen LogP) is 1.16. The molecular weight excluding hydrogens is 676 g/mol. The van der Waals surface area contributed by atoms with E-state index in [1.165, 1.54) is 21.0 Å². The molecule has 2 bridgehead atoms. The van der Waals surface area contributed by atoms with Crippen molar-refractivity contribution in [1.29, 1.82) is 5.41 Å². The second-order valence-electron chi connectivity index (χ2n) is 14.5. The highest BCUT2D eigenvalue weighted by Gasteiger charge is 2.72. The van der Waals surface area contributed by atoms with Gasteiger partial charge in [-0.25, -0.2) is 4.79 Å². The fourth-order valence-electron chi connectivity index (χ4n) is 8.60. The first-order valence-corrected chi connectivity index (χ1v) is 17.6. The van der Waals surface area contributed by atoms with Gasteiger partial charge in [0.15, 0.2) is 23.4 Å². The van der Waals surface area contributed by atoms with Gasteiger partial charge in [0.1, 0.15) is 12.3 Å². The number of aliphatic hydroxyl groups is 1. The zero-order valence-electron chi connectivity index (χ0n) is 30.4. The van der Waals surface area contributed by atoms with Crippen LogP contribution in [0.1, 0.15) is 63.0 Å². The first-order chi connectivity index (χ1) is 24.5. The highest BCUT2D eigenvalue weighted by Crippen LogP contribution is 2.65. The number of hydrogen-bond donors (Lipinski definition) is 5. The van der Waals surface area contributed by atoms with Crippen molar-refractivity contribution in [1.82, 2.24) is 20.0 Å². The number of nitrogens with two attached hydrogens (primary N) is 1. The number of piperidine rings is 1. The molecular formula is C36H50N6O10. The number of carboxylic acid groups (broad SMARTS) is 1.